The summed E-state index contributed by atoms with van der Waals surface area (Å²) in [6.07, 6.45) is 1.01. The first-order chi connectivity index (χ1) is 10.1. The van der Waals surface area contributed by atoms with Gasteiger partial charge in [0.15, 0.2) is 6.04 Å². The molecular formula is C17H23N2OS+. The van der Waals surface area contributed by atoms with E-state index in [0.717, 1.165) is 12.1 Å². The van der Waals surface area contributed by atoms with Gasteiger partial charge in [-0.3, -0.25) is 4.79 Å². The molecule has 0 aliphatic carbocycles. The number of amides is 1. The Balaban J connectivity index is 1.89. The van der Waals surface area contributed by atoms with Gasteiger partial charge >= 0.3 is 0 Å². The second-order valence-electron chi connectivity index (χ2n) is 5.32. The molecule has 1 heterocycles. The van der Waals surface area contributed by atoms with Gasteiger partial charge in [0.05, 0.1) is 4.88 Å². The Labute approximate surface area is 130 Å². The van der Waals surface area contributed by atoms with Gasteiger partial charge in [0.1, 0.15) is 6.04 Å². The van der Waals surface area contributed by atoms with Crippen LogP contribution < -0.4 is 10.6 Å². The number of hydrogen-bond acceptors (Lipinski definition) is 2. The molecule has 0 bridgehead atoms. The zero-order chi connectivity index (χ0) is 15.2. The quantitative estimate of drug-likeness (QED) is 0.847. The summed E-state index contributed by atoms with van der Waals surface area (Å²) in [5, 5.41) is 7.14. The summed E-state index contributed by atoms with van der Waals surface area (Å²) in [6.45, 7) is 6.20. The molecule has 1 aromatic carbocycles. The van der Waals surface area contributed by atoms with E-state index in [2.05, 4.69) is 48.1 Å². The first kappa shape index (κ1) is 15.7. The molecule has 0 saturated carbocycles. The summed E-state index contributed by atoms with van der Waals surface area (Å²) in [7, 11) is 0. The highest BCUT2D eigenvalue weighted by Gasteiger charge is 2.20. The van der Waals surface area contributed by atoms with Gasteiger partial charge in [-0.05, 0) is 49.4 Å². The van der Waals surface area contributed by atoms with E-state index >= 15 is 0 Å². The van der Waals surface area contributed by atoms with Crippen molar-refractivity contribution in [2.75, 3.05) is 5.32 Å². The molecule has 2 atom stereocenters. The Kier molecular flexibility index (Phi) is 5.53. The maximum atomic E-state index is 12.2. The number of nitrogens with one attached hydrogen (secondary N) is 1. The summed E-state index contributed by atoms with van der Waals surface area (Å²) in [5.41, 5.74) is 2.14. The third-order valence-electron chi connectivity index (χ3n) is 3.61. The molecule has 0 saturated heterocycles. The minimum Gasteiger partial charge on any atom is -0.330 e. The van der Waals surface area contributed by atoms with Crippen LogP contribution in [-0.4, -0.2) is 11.9 Å². The second-order valence-corrected chi connectivity index (χ2v) is 6.30. The molecule has 3 nitrogen and oxygen atoms in total. The molecule has 0 unspecified atom stereocenters. The maximum absolute atomic E-state index is 12.2. The van der Waals surface area contributed by atoms with Crippen molar-refractivity contribution >= 4 is 22.9 Å². The zero-order valence-corrected chi connectivity index (χ0v) is 13.6. The van der Waals surface area contributed by atoms with Gasteiger partial charge in [-0.15, -0.1) is 11.3 Å². The lowest BCUT2D eigenvalue weighted by molar-refractivity contribution is -0.709. The number of benzene rings is 1. The molecule has 112 valence electrons. The van der Waals surface area contributed by atoms with Crippen LogP contribution in [0.2, 0.25) is 0 Å². The van der Waals surface area contributed by atoms with Crippen LogP contribution in [0.1, 0.15) is 37.3 Å². The lowest BCUT2D eigenvalue weighted by Gasteiger charge is -2.15. The van der Waals surface area contributed by atoms with Crippen molar-refractivity contribution in [2.45, 2.75) is 39.3 Å². The number of nitrogens with two attached hydrogens (primary N) is 1. The number of hydrogen-bond donors (Lipinski definition) is 2. The number of quaternary nitrogens is 1. The fourth-order valence-corrected chi connectivity index (χ4v) is 3.01. The van der Waals surface area contributed by atoms with Gasteiger partial charge in [0.2, 0.25) is 0 Å². The first-order valence-corrected chi connectivity index (χ1v) is 8.26. The molecule has 0 radical (unpaired) electrons. The standard InChI is InChI=1S/C17H22N2OS/c1-4-14-7-9-15(10-8-14)19-17(20)13(3)18-12(2)16-6-5-11-21-16/h5-13,18H,4H2,1-3H3,(H,19,20)/p+1/t12-,13+/m1/s1. The first-order valence-electron chi connectivity index (χ1n) is 7.38. The highest BCUT2D eigenvalue weighted by molar-refractivity contribution is 7.10. The van der Waals surface area contributed by atoms with Crippen molar-refractivity contribution in [3.05, 3.63) is 52.2 Å². The Bertz CT molecular complexity index is 563. The van der Waals surface area contributed by atoms with E-state index in [-0.39, 0.29) is 11.9 Å². The van der Waals surface area contributed by atoms with Crippen molar-refractivity contribution in [1.29, 1.82) is 0 Å². The predicted octanol–water partition coefficient (Wildman–Crippen LogP) is 2.96. The lowest BCUT2D eigenvalue weighted by atomic mass is 10.1. The third-order valence-corrected chi connectivity index (χ3v) is 4.69. The number of anilines is 1. The minimum absolute atomic E-state index is 0.0441. The van der Waals surface area contributed by atoms with E-state index < -0.39 is 0 Å². The smallest absolute Gasteiger partial charge is 0.282 e. The Hall–Kier alpha value is -1.65. The summed E-state index contributed by atoms with van der Waals surface area (Å²) in [4.78, 5) is 13.5. The van der Waals surface area contributed by atoms with E-state index in [4.69, 9.17) is 0 Å². The van der Waals surface area contributed by atoms with Crippen molar-refractivity contribution in [3.63, 3.8) is 0 Å². The fourth-order valence-electron chi connectivity index (χ4n) is 2.25. The third kappa shape index (κ3) is 4.41. The lowest BCUT2D eigenvalue weighted by Crippen LogP contribution is -2.91. The van der Waals surface area contributed by atoms with Crippen molar-refractivity contribution < 1.29 is 10.1 Å². The molecule has 0 aliphatic heterocycles. The molecule has 2 aromatic rings. The molecule has 1 aromatic heterocycles. The van der Waals surface area contributed by atoms with Gasteiger partial charge < -0.3 is 10.6 Å². The number of rotatable bonds is 6. The average Bonchev–Trinajstić information content (AvgIpc) is 3.02. The molecule has 0 fully saturated rings. The highest BCUT2D eigenvalue weighted by atomic mass is 32.1. The van der Waals surface area contributed by atoms with E-state index in [1.165, 1.54) is 10.4 Å². The molecule has 21 heavy (non-hydrogen) atoms. The van der Waals surface area contributed by atoms with Crippen LogP contribution in [0.4, 0.5) is 5.69 Å². The largest absolute Gasteiger partial charge is 0.330 e. The van der Waals surface area contributed by atoms with Crippen LogP contribution in [0.15, 0.2) is 41.8 Å². The number of carbonyl (C=O) groups is 1. The van der Waals surface area contributed by atoms with E-state index in [1.54, 1.807) is 11.3 Å². The normalized spacial score (nSPS) is 13.7. The van der Waals surface area contributed by atoms with Crippen LogP contribution in [0.3, 0.4) is 0 Å². The Morgan fingerprint density at radius 2 is 1.95 bits per heavy atom. The highest BCUT2D eigenvalue weighted by Crippen LogP contribution is 2.15. The van der Waals surface area contributed by atoms with Gasteiger partial charge in [-0.1, -0.05) is 25.1 Å². The van der Waals surface area contributed by atoms with Crippen LogP contribution >= 0.6 is 11.3 Å². The Morgan fingerprint density at radius 3 is 2.52 bits per heavy atom. The summed E-state index contributed by atoms with van der Waals surface area (Å²) >= 11 is 1.73. The fraction of sp³-hybridized carbons (Fsp3) is 0.353. The average molecular weight is 303 g/mol. The number of carbonyl (C=O) groups excluding carboxylic acids is 1. The number of thiophene rings is 1. The van der Waals surface area contributed by atoms with Crippen LogP contribution in [0, 0.1) is 0 Å². The van der Waals surface area contributed by atoms with Crippen molar-refractivity contribution in [1.82, 2.24) is 0 Å². The summed E-state index contributed by atoms with van der Waals surface area (Å²) in [5.74, 6) is 0.0441. The Morgan fingerprint density at radius 1 is 1.24 bits per heavy atom. The zero-order valence-electron chi connectivity index (χ0n) is 12.8. The molecule has 4 heteroatoms. The maximum Gasteiger partial charge on any atom is 0.282 e. The van der Waals surface area contributed by atoms with E-state index in [0.29, 0.717) is 6.04 Å². The van der Waals surface area contributed by atoms with Gasteiger partial charge in [-0.2, -0.15) is 0 Å². The molecular weight excluding hydrogens is 280 g/mol. The molecule has 3 N–H and O–H groups in total. The molecule has 2 rings (SSSR count). The van der Waals surface area contributed by atoms with Gasteiger partial charge in [0, 0.05) is 5.69 Å². The van der Waals surface area contributed by atoms with Crippen molar-refractivity contribution in [2.24, 2.45) is 0 Å². The summed E-state index contributed by atoms with van der Waals surface area (Å²) in [6, 6.07) is 12.4. The van der Waals surface area contributed by atoms with E-state index in [9.17, 15) is 4.79 Å². The molecule has 0 spiro atoms. The molecule has 1 amide bonds. The van der Waals surface area contributed by atoms with Gasteiger partial charge in [0.25, 0.3) is 5.91 Å². The molecule has 0 aliphatic rings. The predicted molar refractivity (Wildman–Crippen MR) is 88.6 cm³/mol. The topological polar surface area (TPSA) is 45.7 Å². The van der Waals surface area contributed by atoms with Crippen LogP contribution in [0.5, 0.6) is 0 Å². The summed E-state index contributed by atoms with van der Waals surface area (Å²) < 4.78 is 0. The second kappa shape index (κ2) is 7.38. The van der Waals surface area contributed by atoms with Crippen LogP contribution in [0.25, 0.3) is 0 Å². The monoisotopic (exact) mass is 303 g/mol. The minimum atomic E-state index is -0.118. The van der Waals surface area contributed by atoms with E-state index in [1.807, 2.05) is 25.1 Å². The van der Waals surface area contributed by atoms with Gasteiger partial charge in [-0.25, -0.2) is 0 Å². The van der Waals surface area contributed by atoms with Crippen molar-refractivity contribution in [3.8, 4) is 0 Å². The number of aryl methyl sites for hydroxylation is 1. The van der Waals surface area contributed by atoms with Crippen LogP contribution in [-0.2, 0) is 11.2 Å². The SMILES string of the molecule is CCc1ccc(NC(=O)[C@H](C)[NH2+][C@H](C)c2cccs2)cc1.